The third-order valence-corrected chi connectivity index (χ3v) is 9.18. The van der Waals surface area contributed by atoms with Gasteiger partial charge in [-0.25, -0.2) is 0 Å². The summed E-state index contributed by atoms with van der Waals surface area (Å²) in [5.41, 5.74) is 2.82. The van der Waals surface area contributed by atoms with Gasteiger partial charge < -0.3 is 36.2 Å². The molecule has 1 amide bonds. The van der Waals surface area contributed by atoms with Gasteiger partial charge in [0.05, 0.1) is 18.7 Å². The molecule has 0 spiro atoms. The molecule has 4 aliphatic rings. The second-order valence-corrected chi connectivity index (χ2v) is 11.7. The maximum atomic E-state index is 13.8. The number of likely N-dealkylation sites (N-methyl/N-ethyl adjacent to an activating group) is 1. The summed E-state index contributed by atoms with van der Waals surface area (Å²) in [4.78, 5) is 40.8. The zero-order valence-corrected chi connectivity index (χ0v) is 23.0. The number of Topliss-reactive ketones (excluding diaryl/α,β-unsaturated/α-hetero) is 2. The number of hydrogen-bond donors (Lipinski definition) is 6. The quantitative estimate of drug-likeness (QED) is 0.269. The first-order valence-electron chi connectivity index (χ1n) is 13.7. The number of aliphatic hydroxyl groups is 3. The van der Waals surface area contributed by atoms with E-state index in [1.807, 2.05) is 0 Å². The van der Waals surface area contributed by atoms with Gasteiger partial charge in [-0.15, -0.1) is 0 Å². The van der Waals surface area contributed by atoms with E-state index >= 15 is 0 Å². The summed E-state index contributed by atoms with van der Waals surface area (Å²) in [6.45, 7) is 1.27. The smallest absolute Gasteiger partial charge is 0.255 e. The van der Waals surface area contributed by atoms with Crippen LogP contribution in [0.3, 0.4) is 0 Å². The highest BCUT2D eigenvalue weighted by atomic mass is 16.5. The van der Waals surface area contributed by atoms with Gasteiger partial charge in [-0.3, -0.25) is 19.3 Å². The Morgan fingerprint density at radius 3 is 2.48 bits per heavy atom. The van der Waals surface area contributed by atoms with E-state index < -0.39 is 58.0 Å². The van der Waals surface area contributed by atoms with E-state index in [0.29, 0.717) is 29.3 Å². The second kappa shape index (κ2) is 10.2. The fourth-order valence-electron chi connectivity index (χ4n) is 7.37. The van der Waals surface area contributed by atoms with Crippen molar-refractivity contribution in [2.75, 3.05) is 27.7 Å². The summed E-state index contributed by atoms with van der Waals surface area (Å²) in [6.07, 6.45) is 5.04. The number of benzene rings is 1. The highest BCUT2D eigenvalue weighted by Gasteiger charge is 2.63. The fraction of sp³-hybridized carbons (Fsp3) is 0.552. The maximum absolute atomic E-state index is 13.8. The third kappa shape index (κ3) is 4.10. The first kappa shape index (κ1) is 28.1. The lowest BCUT2D eigenvalue weighted by molar-refractivity contribution is -0.148. The van der Waals surface area contributed by atoms with Crippen molar-refractivity contribution in [1.82, 2.24) is 10.2 Å². The van der Waals surface area contributed by atoms with Crippen molar-refractivity contribution in [2.45, 2.75) is 56.7 Å². The number of carbonyl (C=O) groups excluding carboxylic acids is 3. The number of allylic oxidation sites excluding steroid dienone is 1. The molecule has 0 heterocycles. The Kier molecular flexibility index (Phi) is 7.18. The van der Waals surface area contributed by atoms with Crippen LogP contribution in [0.15, 0.2) is 28.7 Å². The number of primary amides is 1. The maximum Gasteiger partial charge on any atom is 0.255 e. The van der Waals surface area contributed by atoms with E-state index in [-0.39, 0.29) is 29.7 Å². The van der Waals surface area contributed by atoms with Gasteiger partial charge in [-0.1, -0.05) is 12.8 Å². The van der Waals surface area contributed by atoms with Crippen molar-refractivity contribution >= 4 is 17.5 Å². The van der Waals surface area contributed by atoms with E-state index in [0.717, 1.165) is 6.54 Å². The van der Waals surface area contributed by atoms with Gasteiger partial charge >= 0.3 is 0 Å². The van der Waals surface area contributed by atoms with E-state index in [1.54, 1.807) is 14.1 Å². The molecule has 0 aliphatic heterocycles. The van der Waals surface area contributed by atoms with Crippen molar-refractivity contribution in [3.05, 3.63) is 45.4 Å². The number of methoxy groups -OCH3 is 1. The summed E-state index contributed by atoms with van der Waals surface area (Å²) in [5.74, 6) is -5.66. The van der Waals surface area contributed by atoms with Crippen LogP contribution >= 0.6 is 0 Å². The molecule has 0 aromatic heterocycles. The minimum absolute atomic E-state index is 0.0276. The van der Waals surface area contributed by atoms with Crippen LogP contribution in [0.4, 0.5) is 0 Å². The van der Waals surface area contributed by atoms with Gasteiger partial charge in [-0.2, -0.15) is 0 Å². The van der Waals surface area contributed by atoms with Crippen LogP contribution in [0.25, 0.3) is 0 Å². The fourth-order valence-corrected chi connectivity index (χ4v) is 7.37. The number of carbonyl (C=O) groups is 3. The first-order valence-corrected chi connectivity index (χ1v) is 13.7. The zero-order valence-electron chi connectivity index (χ0n) is 23.0. The van der Waals surface area contributed by atoms with Gasteiger partial charge in [0.15, 0.2) is 11.4 Å². The molecule has 0 bridgehead atoms. The molecule has 7 N–H and O–H groups in total. The first-order chi connectivity index (χ1) is 18.9. The number of ketones is 2. The molecular weight excluding hydrogens is 518 g/mol. The van der Waals surface area contributed by atoms with Crippen molar-refractivity contribution in [1.29, 1.82) is 0 Å². The number of phenols is 1. The number of aromatic hydroxyl groups is 1. The molecular formula is C29H37N3O8. The van der Waals surface area contributed by atoms with Crippen LogP contribution in [0.1, 0.15) is 53.6 Å². The molecule has 0 unspecified atom stereocenters. The third-order valence-electron chi connectivity index (χ3n) is 9.18. The molecule has 11 nitrogen and oxygen atoms in total. The standard InChI is InChI=1S/C29H37N3O8/c1-32(2)22-17-9-14-8-16-20(18(33)10-15(25(16)40-3)12-31-11-13-6-4-5-7-13)23(34)19(14)26(36)29(17,39)27(37)21(24(22)35)28(30)38/h10,13-14,17,22,31,33,35-36,39H,4-9,11-12H2,1-3H3,(H2,30,38)/t14-,17-,22-,29-/m0/s1. The van der Waals surface area contributed by atoms with Crippen LogP contribution in [0, 0.1) is 17.8 Å². The lowest BCUT2D eigenvalue weighted by atomic mass is 9.58. The molecule has 40 heavy (non-hydrogen) atoms. The molecule has 1 aromatic carbocycles. The van der Waals surface area contributed by atoms with Crippen molar-refractivity contribution < 1.29 is 39.5 Å². The Morgan fingerprint density at radius 2 is 1.88 bits per heavy atom. The number of fused-ring (bicyclic) bond motifs is 3. The predicted octanol–water partition coefficient (Wildman–Crippen LogP) is 1.41. The summed E-state index contributed by atoms with van der Waals surface area (Å²) >= 11 is 0. The number of nitrogens with one attached hydrogen (secondary N) is 1. The molecule has 11 heteroatoms. The number of rotatable bonds is 7. The zero-order chi connectivity index (χ0) is 29.1. The lowest BCUT2D eigenvalue weighted by Crippen LogP contribution is -2.63. The Hall–Kier alpha value is -3.41. The number of nitrogens with two attached hydrogens (primary N) is 1. The summed E-state index contributed by atoms with van der Waals surface area (Å²) in [7, 11) is 4.69. The van der Waals surface area contributed by atoms with Gasteiger partial charge in [0, 0.05) is 29.2 Å². The van der Waals surface area contributed by atoms with Crippen LogP contribution < -0.4 is 15.8 Å². The number of ether oxygens (including phenoxy) is 1. The van der Waals surface area contributed by atoms with Crippen molar-refractivity contribution in [2.24, 2.45) is 23.5 Å². The predicted molar refractivity (Wildman–Crippen MR) is 144 cm³/mol. The average molecular weight is 556 g/mol. The Bertz CT molecular complexity index is 1340. The summed E-state index contributed by atoms with van der Waals surface area (Å²) in [5, 5.41) is 48.4. The molecule has 1 saturated carbocycles. The normalized spacial score (nSPS) is 28.6. The Labute approximate surface area is 232 Å². The Balaban J connectivity index is 1.57. The van der Waals surface area contributed by atoms with Crippen molar-refractivity contribution in [3.63, 3.8) is 0 Å². The van der Waals surface area contributed by atoms with E-state index in [4.69, 9.17) is 10.5 Å². The van der Waals surface area contributed by atoms with Gasteiger partial charge in [0.1, 0.15) is 28.6 Å². The SMILES string of the molecule is COc1c(CNCC2CCCC2)cc(O)c2c1C[C@H]1C[C@H]3[C@H](N(C)C)C(O)=C(C(N)=O)C(=O)[C@@]3(O)C(O)=C1C2=O. The molecule has 0 radical (unpaired) electrons. The molecule has 1 fully saturated rings. The van der Waals surface area contributed by atoms with E-state index in [2.05, 4.69) is 5.32 Å². The van der Waals surface area contributed by atoms with Gasteiger partial charge in [-0.05, 0) is 64.2 Å². The topological polar surface area (TPSA) is 183 Å². The number of hydrogen-bond acceptors (Lipinski definition) is 10. The average Bonchev–Trinajstić information content (AvgIpc) is 3.39. The highest BCUT2D eigenvalue weighted by molar-refractivity contribution is 6.24. The Morgan fingerprint density at radius 1 is 1.20 bits per heavy atom. The number of nitrogens with zero attached hydrogens (tertiary/aromatic N) is 1. The number of amides is 1. The van der Waals surface area contributed by atoms with E-state index in [1.165, 1.54) is 43.8 Å². The minimum atomic E-state index is -2.66. The van der Waals surface area contributed by atoms with Crippen LogP contribution in [0.2, 0.25) is 0 Å². The van der Waals surface area contributed by atoms with Crippen LogP contribution in [-0.2, 0) is 22.6 Å². The second-order valence-electron chi connectivity index (χ2n) is 11.7. The van der Waals surface area contributed by atoms with E-state index in [9.17, 15) is 34.8 Å². The minimum Gasteiger partial charge on any atom is -0.510 e. The monoisotopic (exact) mass is 555 g/mol. The molecule has 4 aliphatic carbocycles. The largest absolute Gasteiger partial charge is 0.510 e. The molecule has 4 atom stereocenters. The lowest BCUT2D eigenvalue weighted by Gasteiger charge is -2.50. The number of aliphatic hydroxyl groups excluding tert-OH is 2. The van der Waals surface area contributed by atoms with Crippen LogP contribution in [-0.4, -0.2) is 82.2 Å². The van der Waals surface area contributed by atoms with Gasteiger partial charge in [0.2, 0.25) is 5.78 Å². The summed E-state index contributed by atoms with van der Waals surface area (Å²) < 4.78 is 5.74. The molecule has 1 aromatic rings. The van der Waals surface area contributed by atoms with Crippen molar-refractivity contribution in [3.8, 4) is 11.5 Å². The molecule has 216 valence electrons. The number of phenolic OH excluding ortho intramolecular Hbond substituents is 1. The highest BCUT2D eigenvalue weighted by Crippen LogP contribution is 2.53. The molecule has 0 saturated heterocycles. The molecule has 5 rings (SSSR count). The van der Waals surface area contributed by atoms with Gasteiger partial charge in [0.25, 0.3) is 5.91 Å². The van der Waals surface area contributed by atoms with Crippen LogP contribution in [0.5, 0.6) is 11.5 Å². The summed E-state index contributed by atoms with van der Waals surface area (Å²) in [6, 6.07) is 0.432.